The number of carbonyl (C=O) groups is 4. The third-order valence-electron chi connectivity index (χ3n) is 15.3. The molecule has 5 heterocycles. The molecule has 5 bridgehead atoms. The molecule has 0 spiro atoms. The molecule has 1 aliphatic carbocycles. The number of methoxy groups -OCH3 is 1. The normalized spacial score (nSPS) is 27.8. The number of pyridine rings is 1. The van der Waals surface area contributed by atoms with Gasteiger partial charge in [0.2, 0.25) is 5.43 Å². The van der Waals surface area contributed by atoms with E-state index in [1.807, 2.05) is 0 Å². The highest BCUT2D eigenvalue weighted by Crippen LogP contribution is 2.55. The summed E-state index contributed by atoms with van der Waals surface area (Å²) in [5, 5.41) is 76.7. The molecule has 4 aliphatic heterocycles. The monoisotopic (exact) mass is 1070 g/mol. The van der Waals surface area contributed by atoms with Gasteiger partial charge in [-0.15, -0.1) is 0 Å². The van der Waals surface area contributed by atoms with E-state index in [0.29, 0.717) is 6.42 Å². The Kier molecular flexibility index (Phi) is 15.4. The molecule has 1 amide bonds. The summed E-state index contributed by atoms with van der Waals surface area (Å²) in [5.74, 6) is -10.6. The van der Waals surface area contributed by atoms with Gasteiger partial charge in [-0.25, -0.2) is 9.18 Å². The van der Waals surface area contributed by atoms with Gasteiger partial charge in [0, 0.05) is 74.6 Å². The number of carboxylic acid groups (broad SMARTS) is 1. The van der Waals surface area contributed by atoms with Crippen LogP contribution in [0, 0.1) is 30.5 Å². The molecule has 77 heavy (non-hydrogen) atoms. The SMILES string of the molecule is COc1c(N2CCC(N(C)/N=C/c3c4c(O)c5c(O)c(C)c6c(c5c3O)C(=O)[C@@](C)(O/C=C/C[C@@H](C)[C@@H](OC(C)=O)[C@H](C)[C@H](O)[C@H](N)[C@@H](O)[C@@H](C)/C=C/C=C(/C)C(=O)N4)O6)C2)c(F)cc2c(=O)c(C(=O)O)cn(C3CC3)c12. The number of hydrogen-bond acceptors (Lipinski definition) is 18. The largest absolute Gasteiger partial charge is 0.507 e. The second-order valence-corrected chi connectivity index (χ2v) is 20.7. The van der Waals surface area contributed by atoms with Crippen LogP contribution in [0.15, 0.2) is 58.3 Å². The minimum atomic E-state index is -2.10. The van der Waals surface area contributed by atoms with Gasteiger partial charge < -0.3 is 70.1 Å². The van der Waals surface area contributed by atoms with Crippen LogP contribution in [0.5, 0.6) is 28.7 Å². The number of aromatic carboxylic acids is 1. The van der Waals surface area contributed by atoms with Gasteiger partial charge in [-0.2, -0.15) is 5.10 Å². The number of benzene rings is 3. The summed E-state index contributed by atoms with van der Waals surface area (Å²) in [6, 6.07) is -0.752. The number of phenolic OH excluding ortho intramolecular Hbond substituents is 3. The average molecular weight is 1070 g/mol. The standard InChI is InChI=1S/C55H65FN6O15/c1-24-12-10-13-26(3)53(71)59-40-33(21-58-60(8)31-17-18-61(22-31)42-35(56)20-32-41(51(42)74-9)62(30-15-16-30)23-34(46(32)67)54(72)73)47(68)36-37(48(40)69)44(65)27(4)50-38(36)52(70)55(7,77-50)75-19-11-14-25(2)49(76-29(6)63)28(5)45(66)39(57)43(24)64/h10-13,19-21,23-25,28,30-31,39,43,45,49,64-66,68-69H,14-18,22,57H2,1-9H3,(H,59,71)(H,72,73)/b12-10+,19-11+,26-13-,58-21+/t24-,25+,28+,31?,39+,43-,45-,49+,55-/m0/s1. The van der Waals surface area contributed by atoms with Crippen LogP contribution in [0.3, 0.4) is 0 Å². The molecule has 1 saturated carbocycles. The summed E-state index contributed by atoms with van der Waals surface area (Å²) in [5.41, 5.74) is 4.48. The second-order valence-electron chi connectivity index (χ2n) is 20.7. The Morgan fingerprint density at radius 3 is 2.39 bits per heavy atom. The van der Waals surface area contributed by atoms with Crippen molar-refractivity contribution in [2.24, 2.45) is 28.6 Å². The van der Waals surface area contributed by atoms with E-state index in [0.717, 1.165) is 25.1 Å². The Labute approximate surface area is 442 Å². The number of aliphatic hydroxyl groups is 2. The molecule has 2 fully saturated rings. The van der Waals surface area contributed by atoms with E-state index in [2.05, 4.69) is 10.4 Å². The van der Waals surface area contributed by atoms with Crippen molar-refractivity contribution in [3.05, 3.63) is 86.7 Å². The van der Waals surface area contributed by atoms with Gasteiger partial charge in [0.25, 0.3) is 11.7 Å². The number of Topliss-reactive ketones (excluding diaryl/α,β-unsaturated/α-hetero) is 1. The van der Waals surface area contributed by atoms with Gasteiger partial charge in [0.1, 0.15) is 34.6 Å². The summed E-state index contributed by atoms with van der Waals surface area (Å²) >= 11 is 0. The lowest BCUT2D eigenvalue weighted by Gasteiger charge is -2.36. The first-order valence-corrected chi connectivity index (χ1v) is 25.3. The number of ether oxygens (including phenoxy) is 4. The number of hydrogen-bond donors (Lipinski definition) is 8. The lowest BCUT2D eigenvalue weighted by atomic mass is 9.82. The zero-order chi connectivity index (χ0) is 56.3. The number of nitrogens with two attached hydrogens (primary N) is 1. The zero-order valence-corrected chi connectivity index (χ0v) is 44.2. The molecule has 1 unspecified atom stereocenters. The molecule has 4 aromatic rings. The number of carbonyl (C=O) groups excluding carboxylic acids is 3. The first-order valence-electron chi connectivity index (χ1n) is 25.3. The number of esters is 1. The van der Waals surface area contributed by atoms with Gasteiger partial charge in [-0.3, -0.25) is 24.2 Å². The van der Waals surface area contributed by atoms with Crippen LogP contribution >= 0.6 is 0 Å². The molecule has 21 nitrogen and oxygen atoms in total. The molecule has 5 aliphatic rings. The van der Waals surface area contributed by atoms with E-state index in [1.54, 1.807) is 49.4 Å². The molecule has 22 heteroatoms. The topological polar surface area (TPSA) is 305 Å². The molecule has 0 radical (unpaired) electrons. The van der Waals surface area contributed by atoms with E-state index in [1.165, 1.54) is 64.4 Å². The fourth-order valence-electron chi connectivity index (χ4n) is 10.6. The summed E-state index contributed by atoms with van der Waals surface area (Å²) in [7, 11) is 2.95. The number of phenols is 3. The molecule has 9 atom stereocenters. The molecule has 9 rings (SSSR count). The van der Waals surface area contributed by atoms with Gasteiger partial charge in [0.15, 0.2) is 17.3 Å². The number of nitrogens with one attached hydrogen (secondary N) is 1. The fourth-order valence-corrected chi connectivity index (χ4v) is 10.6. The third kappa shape index (κ3) is 10.1. The van der Waals surface area contributed by atoms with Gasteiger partial charge in [-0.05, 0) is 57.6 Å². The maximum atomic E-state index is 16.3. The highest BCUT2D eigenvalue weighted by molar-refractivity contribution is 6.24. The number of carboxylic acids is 1. The highest BCUT2D eigenvalue weighted by Gasteiger charge is 2.50. The fraction of sp³-hybridized carbons (Fsp3) is 0.455. The van der Waals surface area contributed by atoms with Crippen LogP contribution in [-0.4, -0.2) is 133 Å². The lowest BCUT2D eigenvalue weighted by Crippen LogP contribution is -2.53. The summed E-state index contributed by atoms with van der Waals surface area (Å²) in [6.07, 6.45) is 8.12. The van der Waals surface area contributed by atoms with Crippen molar-refractivity contribution in [3.8, 4) is 28.7 Å². The van der Waals surface area contributed by atoms with Gasteiger partial charge in [0.05, 0.1) is 77.0 Å². The van der Waals surface area contributed by atoms with Crippen LogP contribution in [0.2, 0.25) is 0 Å². The first-order chi connectivity index (χ1) is 36.3. The van der Waals surface area contributed by atoms with Crippen molar-refractivity contribution >= 4 is 62.9 Å². The Hall–Kier alpha value is -7.69. The number of aromatic hydroxyl groups is 3. The molecule has 9 N–H and O–H groups in total. The van der Waals surface area contributed by atoms with E-state index in [-0.39, 0.29) is 81.3 Å². The van der Waals surface area contributed by atoms with Crippen LogP contribution < -0.4 is 30.9 Å². The number of rotatable bonds is 8. The van der Waals surface area contributed by atoms with Gasteiger partial charge >= 0.3 is 17.7 Å². The van der Waals surface area contributed by atoms with Crippen molar-refractivity contribution < 1.29 is 73.2 Å². The first kappa shape index (κ1) is 55.5. The molecular formula is C55H65FN6O15. The predicted molar refractivity (Wildman–Crippen MR) is 282 cm³/mol. The average Bonchev–Trinajstić information content (AvgIpc) is 4.07. The highest BCUT2D eigenvalue weighted by atomic mass is 19.1. The molecule has 1 aromatic heterocycles. The van der Waals surface area contributed by atoms with Gasteiger partial charge in [-0.1, -0.05) is 39.0 Å². The number of fused-ring (bicyclic) bond motifs is 15. The van der Waals surface area contributed by atoms with Crippen molar-refractivity contribution in [1.82, 2.24) is 9.58 Å². The summed E-state index contributed by atoms with van der Waals surface area (Å²) in [4.78, 5) is 68.1. The lowest BCUT2D eigenvalue weighted by molar-refractivity contribution is -0.156. The number of amides is 1. The number of aromatic nitrogens is 1. The number of aliphatic hydroxyl groups excluding tert-OH is 2. The van der Waals surface area contributed by atoms with E-state index >= 15 is 4.39 Å². The number of halogens is 1. The number of likely N-dealkylation sites (N-methyl/N-ethyl adjacent to an activating group) is 1. The van der Waals surface area contributed by atoms with Crippen molar-refractivity contribution in [3.63, 3.8) is 0 Å². The smallest absolute Gasteiger partial charge is 0.341 e. The number of hydrazone groups is 1. The van der Waals surface area contributed by atoms with Crippen molar-refractivity contribution in [1.29, 1.82) is 0 Å². The van der Waals surface area contributed by atoms with E-state index in [9.17, 15) is 54.6 Å². The molecular weight excluding hydrogens is 1000 g/mol. The number of allylic oxidation sites excluding steroid dienone is 3. The minimum absolute atomic E-state index is 0.0111. The van der Waals surface area contributed by atoms with E-state index in [4.69, 9.17) is 24.7 Å². The number of anilines is 2. The van der Waals surface area contributed by atoms with Crippen LogP contribution in [0.1, 0.15) is 105 Å². The second kappa shape index (κ2) is 21.4. The van der Waals surface area contributed by atoms with Crippen molar-refractivity contribution in [2.45, 2.75) is 116 Å². The maximum absolute atomic E-state index is 16.3. The zero-order valence-electron chi connectivity index (χ0n) is 44.2. The van der Waals surface area contributed by atoms with Crippen molar-refractivity contribution in [2.75, 3.05) is 37.5 Å². The molecule has 3 aromatic carbocycles. The molecule has 412 valence electrons. The van der Waals surface area contributed by atoms with Crippen LogP contribution in [0.4, 0.5) is 15.8 Å². The Bertz CT molecular complexity index is 3280. The predicted octanol–water partition coefficient (Wildman–Crippen LogP) is 5.86. The summed E-state index contributed by atoms with van der Waals surface area (Å²) in [6.45, 7) is 10.9. The van der Waals surface area contributed by atoms with Crippen LogP contribution in [0.25, 0.3) is 21.7 Å². The molecule has 1 saturated heterocycles. The summed E-state index contributed by atoms with van der Waals surface area (Å²) < 4.78 is 41.5. The maximum Gasteiger partial charge on any atom is 0.341 e. The minimum Gasteiger partial charge on any atom is -0.507 e. The van der Waals surface area contributed by atoms with Crippen LogP contribution in [-0.2, 0) is 19.1 Å². The van der Waals surface area contributed by atoms with E-state index < -0.39 is 123 Å². The number of ketones is 1. The Morgan fingerprint density at radius 2 is 1.74 bits per heavy atom. The third-order valence-corrected chi connectivity index (χ3v) is 15.3. The Morgan fingerprint density at radius 1 is 1.04 bits per heavy atom. The number of nitrogens with zero attached hydrogens (tertiary/aromatic N) is 4. The Balaban J connectivity index is 1.19. The quantitative estimate of drug-likeness (QED) is 0.0337.